The van der Waals surface area contributed by atoms with Crippen LogP contribution in [0.25, 0.3) is 0 Å². The highest BCUT2D eigenvalue weighted by molar-refractivity contribution is 5.82. The molecule has 0 atom stereocenters. The first kappa shape index (κ1) is 11.0. The molecule has 0 saturated carbocycles. The third kappa shape index (κ3) is 2.75. The quantitative estimate of drug-likeness (QED) is 0.462. The Bertz CT molecular complexity index is 575. The second kappa shape index (κ2) is 4.56. The van der Waals surface area contributed by atoms with Crippen molar-refractivity contribution < 1.29 is 9.45 Å². The average molecular weight is 231 g/mol. The lowest BCUT2D eigenvalue weighted by atomic mass is 10.2. The van der Waals surface area contributed by atoms with Crippen molar-refractivity contribution in [1.29, 1.82) is 0 Å². The van der Waals surface area contributed by atoms with Crippen molar-refractivity contribution in [2.45, 2.75) is 6.92 Å². The topological polar surface area (TPSA) is 81.5 Å². The predicted molar refractivity (Wildman–Crippen MR) is 61.6 cm³/mol. The minimum absolute atomic E-state index is 0.0327. The van der Waals surface area contributed by atoms with E-state index < -0.39 is 4.92 Å². The fourth-order valence-electron chi connectivity index (χ4n) is 1.27. The third-order valence-electron chi connectivity index (χ3n) is 2.04. The normalized spacial score (nSPS) is 10.9. The molecular formula is C11H9N3O3. The van der Waals surface area contributed by atoms with Crippen molar-refractivity contribution >= 4 is 17.7 Å². The minimum Gasteiger partial charge on any atom is -0.359 e. The zero-order valence-electron chi connectivity index (χ0n) is 9.03. The second-order valence-electron chi connectivity index (χ2n) is 3.41. The van der Waals surface area contributed by atoms with Crippen LogP contribution in [0.5, 0.6) is 0 Å². The molecular weight excluding hydrogens is 222 g/mol. The summed E-state index contributed by atoms with van der Waals surface area (Å²) >= 11 is 0. The molecule has 0 amide bonds. The first-order valence-electron chi connectivity index (χ1n) is 4.87. The highest BCUT2D eigenvalue weighted by atomic mass is 16.6. The van der Waals surface area contributed by atoms with Gasteiger partial charge in [0.1, 0.15) is 5.76 Å². The Kier molecular flexibility index (Phi) is 2.95. The molecule has 17 heavy (non-hydrogen) atoms. The largest absolute Gasteiger partial charge is 0.359 e. The van der Waals surface area contributed by atoms with Gasteiger partial charge in [-0.15, -0.1) is 0 Å². The van der Waals surface area contributed by atoms with E-state index in [2.05, 4.69) is 10.1 Å². The van der Waals surface area contributed by atoms with Crippen molar-refractivity contribution in [2.24, 2.45) is 4.99 Å². The number of hydrogen-bond donors (Lipinski definition) is 0. The molecule has 0 aliphatic rings. The van der Waals surface area contributed by atoms with Gasteiger partial charge in [0.25, 0.3) is 5.69 Å². The first-order valence-corrected chi connectivity index (χ1v) is 4.87. The lowest BCUT2D eigenvalue weighted by Gasteiger charge is -1.92. The van der Waals surface area contributed by atoms with Crippen LogP contribution in [0.1, 0.15) is 11.3 Å². The maximum atomic E-state index is 10.6. The Hall–Kier alpha value is -2.50. The molecule has 6 nitrogen and oxygen atoms in total. The molecule has 1 heterocycles. The summed E-state index contributed by atoms with van der Waals surface area (Å²) in [4.78, 5) is 14.2. The number of rotatable bonds is 3. The molecule has 0 fully saturated rings. The third-order valence-corrected chi connectivity index (χ3v) is 2.04. The van der Waals surface area contributed by atoms with E-state index in [0.717, 1.165) is 0 Å². The van der Waals surface area contributed by atoms with Gasteiger partial charge in [0.05, 0.1) is 4.92 Å². The Morgan fingerprint density at radius 3 is 2.94 bits per heavy atom. The van der Waals surface area contributed by atoms with E-state index in [1.54, 1.807) is 25.1 Å². The van der Waals surface area contributed by atoms with E-state index in [-0.39, 0.29) is 5.69 Å². The maximum Gasteiger partial charge on any atom is 0.270 e. The van der Waals surface area contributed by atoms with Gasteiger partial charge in [-0.25, -0.2) is 4.99 Å². The van der Waals surface area contributed by atoms with Gasteiger partial charge < -0.3 is 4.52 Å². The number of hydrogen-bond acceptors (Lipinski definition) is 5. The highest BCUT2D eigenvalue weighted by Gasteiger charge is 2.04. The molecule has 6 heteroatoms. The number of nitro groups is 1. The Labute approximate surface area is 96.7 Å². The number of benzene rings is 1. The van der Waals surface area contributed by atoms with E-state index >= 15 is 0 Å². The van der Waals surface area contributed by atoms with Gasteiger partial charge in [0.2, 0.25) is 0 Å². The Morgan fingerprint density at radius 1 is 1.47 bits per heavy atom. The van der Waals surface area contributed by atoms with Crippen molar-refractivity contribution in [2.75, 3.05) is 0 Å². The van der Waals surface area contributed by atoms with Crippen molar-refractivity contribution in [3.05, 3.63) is 51.8 Å². The summed E-state index contributed by atoms with van der Waals surface area (Å²) in [5.74, 6) is 1.10. The van der Waals surface area contributed by atoms with Gasteiger partial charge >= 0.3 is 0 Å². The molecule has 0 unspecified atom stereocenters. The maximum absolute atomic E-state index is 10.6. The van der Waals surface area contributed by atoms with Gasteiger partial charge in [-0.3, -0.25) is 10.1 Å². The summed E-state index contributed by atoms with van der Waals surface area (Å²) in [7, 11) is 0. The standard InChI is InChI=1S/C11H9N3O3/c1-8-5-11(13-17-8)12-7-9-3-2-4-10(6-9)14(15)16/h2-7H,1H3. The van der Waals surface area contributed by atoms with Crippen LogP contribution in [-0.4, -0.2) is 16.3 Å². The molecule has 0 aliphatic heterocycles. The van der Waals surface area contributed by atoms with Crippen molar-refractivity contribution in [3.8, 4) is 0 Å². The van der Waals surface area contributed by atoms with Crippen LogP contribution in [0.15, 0.2) is 39.8 Å². The van der Waals surface area contributed by atoms with Crippen LogP contribution < -0.4 is 0 Å². The Balaban J connectivity index is 2.21. The van der Waals surface area contributed by atoms with Gasteiger partial charge in [-0.05, 0) is 12.5 Å². The molecule has 1 aromatic carbocycles. The SMILES string of the molecule is Cc1cc(N=Cc2cccc([N+](=O)[O-])c2)no1. The first-order chi connectivity index (χ1) is 8.15. The van der Waals surface area contributed by atoms with Crippen molar-refractivity contribution in [1.82, 2.24) is 5.16 Å². The van der Waals surface area contributed by atoms with Crippen LogP contribution >= 0.6 is 0 Å². The van der Waals surface area contributed by atoms with E-state index in [4.69, 9.17) is 4.52 Å². The molecule has 1 aromatic heterocycles. The van der Waals surface area contributed by atoms with Gasteiger partial charge in [0.15, 0.2) is 5.82 Å². The number of non-ortho nitro benzene ring substituents is 1. The monoisotopic (exact) mass is 231 g/mol. The average Bonchev–Trinajstić information content (AvgIpc) is 2.73. The molecule has 86 valence electrons. The summed E-state index contributed by atoms with van der Waals surface area (Å²) in [5, 5.41) is 14.2. The fraction of sp³-hybridized carbons (Fsp3) is 0.0909. The number of nitrogens with zero attached hydrogens (tertiary/aromatic N) is 3. The van der Waals surface area contributed by atoms with Crippen molar-refractivity contribution in [3.63, 3.8) is 0 Å². The summed E-state index contributed by atoms with van der Waals surface area (Å²) in [6.07, 6.45) is 1.50. The summed E-state index contributed by atoms with van der Waals surface area (Å²) in [6.45, 7) is 1.76. The molecule has 0 bridgehead atoms. The second-order valence-corrected chi connectivity index (χ2v) is 3.41. The molecule has 0 spiro atoms. The lowest BCUT2D eigenvalue weighted by molar-refractivity contribution is -0.384. The smallest absolute Gasteiger partial charge is 0.270 e. The van der Waals surface area contributed by atoms with E-state index in [1.807, 2.05) is 0 Å². The number of nitro benzene ring substituents is 1. The molecule has 0 aliphatic carbocycles. The summed E-state index contributed by atoms with van der Waals surface area (Å²) in [6, 6.07) is 7.87. The summed E-state index contributed by atoms with van der Waals surface area (Å²) < 4.78 is 4.84. The van der Waals surface area contributed by atoms with Crippen LogP contribution in [0, 0.1) is 17.0 Å². The molecule has 2 aromatic rings. The molecule has 0 radical (unpaired) electrons. The number of aromatic nitrogens is 1. The molecule has 2 rings (SSSR count). The van der Waals surface area contributed by atoms with E-state index in [1.165, 1.54) is 18.3 Å². The minimum atomic E-state index is -0.447. The number of aryl methyl sites for hydroxylation is 1. The number of aliphatic imine (C=N–C) groups is 1. The summed E-state index contributed by atoms with van der Waals surface area (Å²) in [5.41, 5.74) is 0.671. The van der Waals surface area contributed by atoms with Gasteiger partial charge in [-0.2, -0.15) is 0 Å². The van der Waals surface area contributed by atoms with E-state index in [0.29, 0.717) is 17.1 Å². The van der Waals surface area contributed by atoms with Crippen LogP contribution in [-0.2, 0) is 0 Å². The molecule has 0 saturated heterocycles. The lowest BCUT2D eigenvalue weighted by Crippen LogP contribution is -1.89. The molecule has 0 N–H and O–H groups in total. The van der Waals surface area contributed by atoms with Crippen LogP contribution in [0.4, 0.5) is 11.5 Å². The zero-order valence-corrected chi connectivity index (χ0v) is 9.03. The van der Waals surface area contributed by atoms with Crippen LogP contribution in [0.3, 0.4) is 0 Å². The highest BCUT2D eigenvalue weighted by Crippen LogP contribution is 2.14. The Morgan fingerprint density at radius 2 is 2.29 bits per heavy atom. The van der Waals surface area contributed by atoms with Gasteiger partial charge in [-0.1, -0.05) is 17.3 Å². The van der Waals surface area contributed by atoms with Gasteiger partial charge in [0, 0.05) is 24.4 Å². The zero-order chi connectivity index (χ0) is 12.3. The predicted octanol–water partition coefficient (Wildman–Crippen LogP) is 2.64. The van der Waals surface area contributed by atoms with Crippen LogP contribution in [0.2, 0.25) is 0 Å². The van der Waals surface area contributed by atoms with E-state index in [9.17, 15) is 10.1 Å². The fourth-order valence-corrected chi connectivity index (χ4v) is 1.27.